The van der Waals surface area contributed by atoms with Crippen LogP contribution < -0.4 is 10.0 Å². The van der Waals surface area contributed by atoms with Gasteiger partial charge in [-0.05, 0) is 48.9 Å². The van der Waals surface area contributed by atoms with Gasteiger partial charge >= 0.3 is 0 Å². The van der Waals surface area contributed by atoms with Gasteiger partial charge in [-0.2, -0.15) is 5.10 Å². The summed E-state index contributed by atoms with van der Waals surface area (Å²) in [5.74, 6) is -0.578. The molecule has 168 valence electrons. The molecule has 0 aliphatic carbocycles. The van der Waals surface area contributed by atoms with Crippen molar-refractivity contribution in [3.05, 3.63) is 102 Å². The number of rotatable bonds is 7. The fraction of sp³-hybridized carbons (Fsp3) is 0.0870. The van der Waals surface area contributed by atoms with Gasteiger partial charge in [0.15, 0.2) is 5.82 Å². The molecule has 2 aromatic heterocycles. The highest BCUT2D eigenvalue weighted by atomic mass is 32.2. The Bertz CT molecular complexity index is 1410. The van der Waals surface area contributed by atoms with E-state index in [2.05, 4.69) is 20.1 Å². The molecule has 8 nitrogen and oxygen atoms in total. The van der Waals surface area contributed by atoms with Crippen molar-refractivity contribution in [2.45, 2.75) is 18.4 Å². The summed E-state index contributed by atoms with van der Waals surface area (Å²) in [5, 5.41) is 6.97. The summed E-state index contributed by atoms with van der Waals surface area (Å²) in [5.41, 5.74) is 1.34. The molecule has 2 heterocycles. The fourth-order valence-corrected chi connectivity index (χ4v) is 4.29. The van der Waals surface area contributed by atoms with Gasteiger partial charge in [-0.25, -0.2) is 22.5 Å². The first kappa shape index (κ1) is 22.2. The first-order chi connectivity index (χ1) is 15.8. The summed E-state index contributed by atoms with van der Waals surface area (Å²) in [6.07, 6.45) is 5.00. The van der Waals surface area contributed by atoms with E-state index in [1.165, 1.54) is 36.4 Å². The van der Waals surface area contributed by atoms with E-state index in [1.807, 2.05) is 6.07 Å². The molecule has 4 rings (SSSR count). The standard InChI is InChI=1S/C23H20FN5O3S/c1-16-9-10-18(33(31,32)28-21-8-3-2-7-20(21)24)14-19(16)23(30)26-15-17-6-4-11-25-22(17)29-13-5-12-27-29/h2-14,28H,15H2,1H3,(H,26,30). The third-order valence-electron chi connectivity index (χ3n) is 4.91. The number of para-hydroxylation sites is 1. The Morgan fingerprint density at radius 1 is 1.06 bits per heavy atom. The van der Waals surface area contributed by atoms with Crippen LogP contribution in [0.3, 0.4) is 0 Å². The van der Waals surface area contributed by atoms with E-state index in [9.17, 15) is 17.6 Å². The lowest BCUT2D eigenvalue weighted by atomic mass is 10.1. The maximum Gasteiger partial charge on any atom is 0.262 e. The minimum Gasteiger partial charge on any atom is -0.348 e. The van der Waals surface area contributed by atoms with Crippen molar-refractivity contribution < 1.29 is 17.6 Å². The predicted octanol–water partition coefficient (Wildman–Crippen LogP) is 3.45. The zero-order chi connectivity index (χ0) is 23.4. The van der Waals surface area contributed by atoms with Gasteiger partial charge in [0.05, 0.1) is 10.6 Å². The molecular formula is C23H20FN5O3S. The zero-order valence-electron chi connectivity index (χ0n) is 17.6. The van der Waals surface area contributed by atoms with Crippen LogP contribution in [-0.2, 0) is 16.6 Å². The van der Waals surface area contributed by atoms with Crippen LogP contribution in [0.4, 0.5) is 10.1 Å². The van der Waals surface area contributed by atoms with Crippen molar-refractivity contribution in [2.24, 2.45) is 0 Å². The van der Waals surface area contributed by atoms with Gasteiger partial charge in [-0.3, -0.25) is 9.52 Å². The number of sulfonamides is 1. The molecule has 0 saturated carbocycles. The van der Waals surface area contributed by atoms with Crippen LogP contribution in [0.2, 0.25) is 0 Å². The molecule has 2 aromatic carbocycles. The average Bonchev–Trinajstić information content (AvgIpc) is 3.34. The van der Waals surface area contributed by atoms with Crippen LogP contribution in [-0.4, -0.2) is 29.1 Å². The monoisotopic (exact) mass is 465 g/mol. The van der Waals surface area contributed by atoms with E-state index in [0.29, 0.717) is 11.4 Å². The molecule has 0 aliphatic rings. The zero-order valence-corrected chi connectivity index (χ0v) is 18.4. The number of amides is 1. The lowest BCUT2D eigenvalue weighted by Crippen LogP contribution is -2.25. The Hall–Kier alpha value is -4.05. The van der Waals surface area contributed by atoms with Crippen LogP contribution >= 0.6 is 0 Å². The highest BCUT2D eigenvalue weighted by Crippen LogP contribution is 2.21. The number of benzene rings is 2. The van der Waals surface area contributed by atoms with Gasteiger partial charge in [0, 0.05) is 36.3 Å². The summed E-state index contributed by atoms with van der Waals surface area (Å²) in [4.78, 5) is 17.1. The molecule has 0 fully saturated rings. The van der Waals surface area contributed by atoms with E-state index in [1.54, 1.807) is 42.3 Å². The Morgan fingerprint density at radius 2 is 1.88 bits per heavy atom. The van der Waals surface area contributed by atoms with Gasteiger partial charge < -0.3 is 5.32 Å². The second-order valence-corrected chi connectivity index (χ2v) is 8.86. The van der Waals surface area contributed by atoms with Crippen LogP contribution in [0.1, 0.15) is 21.5 Å². The fourth-order valence-electron chi connectivity index (χ4n) is 3.20. The maximum atomic E-state index is 13.9. The SMILES string of the molecule is Cc1ccc(S(=O)(=O)Nc2ccccc2F)cc1C(=O)NCc1cccnc1-n1cccn1. The molecule has 0 atom stereocenters. The largest absolute Gasteiger partial charge is 0.348 e. The van der Waals surface area contributed by atoms with Crippen LogP contribution in [0, 0.1) is 12.7 Å². The van der Waals surface area contributed by atoms with Crippen LogP contribution in [0.5, 0.6) is 0 Å². The molecule has 0 bridgehead atoms. The molecule has 0 aliphatic heterocycles. The molecule has 2 N–H and O–H groups in total. The topological polar surface area (TPSA) is 106 Å². The number of nitrogens with one attached hydrogen (secondary N) is 2. The molecule has 1 amide bonds. The van der Waals surface area contributed by atoms with Crippen molar-refractivity contribution in [3.63, 3.8) is 0 Å². The van der Waals surface area contributed by atoms with Crippen LogP contribution in [0.15, 0.2) is 84.1 Å². The minimum absolute atomic E-state index is 0.153. The minimum atomic E-state index is -4.10. The average molecular weight is 466 g/mol. The Labute approximate surface area is 190 Å². The number of nitrogens with zero attached hydrogens (tertiary/aromatic N) is 3. The second-order valence-electron chi connectivity index (χ2n) is 7.18. The summed E-state index contributed by atoms with van der Waals surface area (Å²) in [7, 11) is -4.10. The smallest absolute Gasteiger partial charge is 0.262 e. The van der Waals surface area contributed by atoms with E-state index in [4.69, 9.17) is 0 Å². The van der Waals surface area contributed by atoms with Gasteiger partial charge in [0.2, 0.25) is 0 Å². The number of hydrogen-bond donors (Lipinski definition) is 2. The molecule has 0 saturated heterocycles. The van der Waals surface area contributed by atoms with Crippen molar-refractivity contribution in [1.82, 2.24) is 20.1 Å². The van der Waals surface area contributed by atoms with Gasteiger partial charge in [0.1, 0.15) is 5.82 Å². The van der Waals surface area contributed by atoms with Gasteiger partial charge in [-0.1, -0.05) is 24.3 Å². The Balaban J connectivity index is 1.55. The number of carbonyl (C=O) groups excluding carboxylic acids is 1. The number of anilines is 1. The quantitative estimate of drug-likeness (QED) is 0.435. The van der Waals surface area contributed by atoms with Gasteiger partial charge in [0.25, 0.3) is 15.9 Å². The van der Waals surface area contributed by atoms with Crippen LogP contribution in [0.25, 0.3) is 5.82 Å². The number of hydrogen-bond acceptors (Lipinski definition) is 5. The molecule has 4 aromatic rings. The van der Waals surface area contributed by atoms with E-state index in [0.717, 1.165) is 11.6 Å². The predicted molar refractivity (Wildman–Crippen MR) is 121 cm³/mol. The van der Waals surface area contributed by atoms with Gasteiger partial charge in [-0.15, -0.1) is 0 Å². The Kier molecular flexibility index (Phi) is 6.18. The number of aryl methyl sites for hydroxylation is 1. The number of halogens is 1. The maximum absolute atomic E-state index is 13.9. The molecule has 0 unspecified atom stereocenters. The highest BCUT2D eigenvalue weighted by molar-refractivity contribution is 7.92. The third kappa shape index (κ3) is 4.90. The molecule has 0 radical (unpaired) electrons. The number of carbonyl (C=O) groups is 1. The van der Waals surface area contributed by atoms with E-state index in [-0.39, 0.29) is 22.7 Å². The summed E-state index contributed by atoms with van der Waals surface area (Å²) < 4.78 is 43.2. The molecule has 33 heavy (non-hydrogen) atoms. The molecule has 10 heteroatoms. The molecular weight excluding hydrogens is 445 g/mol. The van der Waals surface area contributed by atoms with Crippen molar-refractivity contribution in [3.8, 4) is 5.82 Å². The third-order valence-corrected chi connectivity index (χ3v) is 6.27. The lowest BCUT2D eigenvalue weighted by Gasteiger charge is -2.13. The first-order valence-corrected chi connectivity index (χ1v) is 11.4. The first-order valence-electron chi connectivity index (χ1n) is 9.95. The van der Waals surface area contributed by atoms with Crippen molar-refractivity contribution in [1.29, 1.82) is 0 Å². The summed E-state index contributed by atoms with van der Waals surface area (Å²) in [6.45, 7) is 1.86. The molecule has 0 spiro atoms. The number of aromatic nitrogens is 3. The summed E-state index contributed by atoms with van der Waals surface area (Å²) in [6, 6.07) is 15.0. The number of pyridine rings is 1. The normalized spacial score (nSPS) is 11.2. The van der Waals surface area contributed by atoms with E-state index >= 15 is 0 Å². The van der Waals surface area contributed by atoms with Crippen molar-refractivity contribution >= 4 is 21.6 Å². The Morgan fingerprint density at radius 3 is 2.64 bits per heavy atom. The summed E-state index contributed by atoms with van der Waals surface area (Å²) >= 11 is 0. The van der Waals surface area contributed by atoms with Crippen molar-refractivity contribution in [2.75, 3.05) is 4.72 Å². The highest BCUT2D eigenvalue weighted by Gasteiger charge is 2.20. The second kappa shape index (κ2) is 9.21. The lowest BCUT2D eigenvalue weighted by molar-refractivity contribution is 0.0950. The van der Waals surface area contributed by atoms with E-state index < -0.39 is 21.7 Å².